The van der Waals surface area contributed by atoms with Crippen LogP contribution in [-0.2, 0) is 4.74 Å². The van der Waals surface area contributed by atoms with E-state index in [-0.39, 0.29) is 29.3 Å². The van der Waals surface area contributed by atoms with Crippen LogP contribution in [0.25, 0.3) is 28.1 Å². The fraction of sp³-hybridized carbons (Fsp3) is 0.227. The molecule has 39 heavy (non-hydrogen) atoms. The largest absolute Gasteiger partial charge is 0.345 e. The lowest BCUT2D eigenvalue weighted by Gasteiger charge is -2.18. The number of benzene rings is 1. The SMILES string of the molecule is Fc1c(Cl)ccc(-[n+]2cnn[nH]2)c1-c1ccc([C@H](CCOC(F)F)n2cc(-c3cn(C(F)F)nn3)cn2)nc1. The number of aromatic amines is 1. The van der Waals surface area contributed by atoms with Crippen molar-refractivity contribution in [3.8, 4) is 28.1 Å². The highest BCUT2D eigenvalue weighted by molar-refractivity contribution is 6.31. The first-order valence-corrected chi connectivity index (χ1v) is 11.6. The maximum Gasteiger partial charge on any atom is 0.345 e. The lowest BCUT2D eigenvalue weighted by Crippen LogP contribution is -2.33. The Kier molecular flexibility index (Phi) is 7.56. The number of tetrazole rings is 1. The summed E-state index contributed by atoms with van der Waals surface area (Å²) in [6, 6.07) is 5.43. The van der Waals surface area contributed by atoms with E-state index in [9.17, 15) is 17.6 Å². The number of rotatable bonds is 10. The van der Waals surface area contributed by atoms with E-state index in [4.69, 9.17) is 11.6 Å². The van der Waals surface area contributed by atoms with Gasteiger partial charge in [0.25, 0.3) is 6.33 Å². The van der Waals surface area contributed by atoms with Gasteiger partial charge in [-0.05, 0) is 24.6 Å². The summed E-state index contributed by atoms with van der Waals surface area (Å²) >= 11 is 6.03. The minimum atomic E-state index is -2.97. The summed E-state index contributed by atoms with van der Waals surface area (Å²) in [5.74, 6) is -0.693. The summed E-state index contributed by atoms with van der Waals surface area (Å²) in [5.41, 5.74) is 1.76. The second-order valence-corrected chi connectivity index (χ2v) is 8.44. The third-order valence-electron chi connectivity index (χ3n) is 5.69. The molecule has 1 N–H and O–H groups in total. The Morgan fingerprint density at radius 1 is 1.03 bits per heavy atom. The molecule has 0 aliphatic rings. The molecule has 0 spiro atoms. The van der Waals surface area contributed by atoms with E-state index in [1.165, 1.54) is 40.3 Å². The van der Waals surface area contributed by atoms with Crippen LogP contribution >= 0.6 is 11.6 Å². The summed E-state index contributed by atoms with van der Waals surface area (Å²) in [6.07, 6.45) is 6.71. The predicted molar refractivity (Wildman–Crippen MR) is 123 cm³/mol. The Balaban J connectivity index is 1.48. The van der Waals surface area contributed by atoms with Gasteiger partial charge >= 0.3 is 13.2 Å². The number of alkyl halides is 4. The van der Waals surface area contributed by atoms with Crippen LogP contribution < -0.4 is 4.68 Å². The van der Waals surface area contributed by atoms with Crippen molar-refractivity contribution in [1.82, 2.24) is 45.3 Å². The van der Waals surface area contributed by atoms with Crippen LogP contribution in [0.15, 0.2) is 55.4 Å². The highest BCUT2D eigenvalue weighted by Crippen LogP contribution is 2.32. The molecule has 0 fully saturated rings. The topological polar surface area (TPSA) is 116 Å². The van der Waals surface area contributed by atoms with E-state index in [2.05, 4.69) is 40.7 Å². The number of pyridine rings is 1. The minimum Gasteiger partial charge on any atom is -0.323 e. The highest BCUT2D eigenvalue weighted by Gasteiger charge is 2.23. The monoisotopic (exact) mass is 567 g/mol. The Labute approximate surface area is 220 Å². The lowest BCUT2D eigenvalue weighted by molar-refractivity contribution is -0.659. The summed E-state index contributed by atoms with van der Waals surface area (Å²) in [6.45, 7) is -6.17. The normalized spacial score (nSPS) is 12.5. The summed E-state index contributed by atoms with van der Waals surface area (Å²) in [7, 11) is 0. The zero-order valence-electron chi connectivity index (χ0n) is 19.5. The number of ether oxygens (including phenoxy) is 1. The van der Waals surface area contributed by atoms with Crippen LogP contribution in [-0.4, -0.2) is 58.5 Å². The van der Waals surface area contributed by atoms with Crippen molar-refractivity contribution < 1.29 is 31.4 Å². The van der Waals surface area contributed by atoms with E-state index >= 15 is 4.39 Å². The smallest absolute Gasteiger partial charge is 0.323 e. The third kappa shape index (κ3) is 5.61. The number of halogens is 6. The van der Waals surface area contributed by atoms with Crippen molar-refractivity contribution in [1.29, 1.82) is 0 Å². The Hall–Kier alpha value is -4.31. The molecule has 0 aliphatic heterocycles. The fourth-order valence-electron chi connectivity index (χ4n) is 3.89. The van der Waals surface area contributed by atoms with E-state index in [0.29, 0.717) is 27.2 Å². The molecule has 0 saturated heterocycles. The number of hydrogen-bond donors (Lipinski definition) is 1. The summed E-state index contributed by atoms with van der Waals surface area (Å²) in [4.78, 5) is 4.44. The van der Waals surface area contributed by atoms with Gasteiger partial charge in [0.1, 0.15) is 16.5 Å². The van der Waals surface area contributed by atoms with Gasteiger partial charge in [-0.15, -0.1) is 9.78 Å². The molecule has 1 atom stereocenters. The molecule has 5 aromatic rings. The average molecular weight is 568 g/mol. The minimum absolute atomic E-state index is 0.0357. The molecule has 4 heterocycles. The van der Waals surface area contributed by atoms with Gasteiger partial charge in [0.15, 0.2) is 11.0 Å². The molecule has 0 amide bonds. The van der Waals surface area contributed by atoms with Gasteiger partial charge in [-0.2, -0.15) is 27.3 Å². The predicted octanol–water partition coefficient (Wildman–Crippen LogP) is 4.00. The van der Waals surface area contributed by atoms with E-state index in [1.54, 1.807) is 18.2 Å². The van der Waals surface area contributed by atoms with Gasteiger partial charge < -0.3 is 4.74 Å². The first-order chi connectivity index (χ1) is 18.8. The first-order valence-electron chi connectivity index (χ1n) is 11.2. The second kappa shape index (κ2) is 11.2. The number of hydrogen-bond acceptors (Lipinski definition) is 7. The Bertz CT molecular complexity index is 1540. The van der Waals surface area contributed by atoms with E-state index in [0.717, 1.165) is 6.20 Å². The van der Waals surface area contributed by atoms with E-state index < -0.39 is 25.0 Å². The molecule has 4 aromatic heterocycles. The third-order valence-corrected chi connectivity index (χ3v) is 5.98. The summed E-state index contributed by atoms with van der Waals surface area (Å²) in [5, 5.41) is 21.1. The molecule has 202 valence electrons. The van der Waals surface area contributed by atoms with Gasteiger partial charge in [0, 0.05) is 23.5 Å². The zero-order chi connectivity index (χ0) is 27.5. The molecule has 1 aromatic carbocycles. The maximum absolute atomic E-state index is 15.1. The molecule has 0 unspecified atom stereocenters. The fourth-order valence-corrected chi connectivity index (χ4v) is 4.05. The quantitative estimate of drug-likeness (QED) is 0.200. The van der Waals surface area contributed by atoms with Crippen LogP contribution in [0.1, 0.15) is 24.7 Å². The maximum atomic E-state index is 15.1. The molecule has 0 bridgehead atoms. The number of H-pyrrole nitrogens is 1. The van der Waals surface area contributed by atoms with Crippen molar-refractivity contribution >= 4 is 11.6 Å². The van der Waals surface area contributed by atoms with Gasteiger partial charge in [-0.3, -0.25) is 9.67 Å². The standard InChI is InChI=1S/C22H16ClF5N10O/c23-14-2-4-18(38-11-30-33-35-38)19(20(14)24)12-1-3-15(29-7-12)17(5-6-39-22(27)28)36-9-13(8-31-36)16-10-37(21(25)26)34-32-16/h1-4,7-11,17,21-22H,5-6H2/p+1/t17-/m0/s1. The molecule has 0 radical (unpaired) electrons. The molecule has 5 rings (SSSR count). The van der Waals surface area contributed by atoms with Crippen molar-refractivity contribution in [2.75, 3.05) is 6.61 Å². The summed E-state index contributed by atoms with van der Waals surface area (Å²) < 4.78 is 73.8. The van der Waals surface area contributed by atoms with Gasteiger partial charge in [-0.25, -0.2) is 4.39 Å². The van der Waals surface area contributed by atoms with Crippen LogP contribution in [0.5, 0.6) is 0 Å². The molecule has 17 heteroatoms. The first kappa shape index (κ1) is 26.3. The second-order valence-electron chi connectivity index (χ2n) is 8.03. The Morgan fingerprint density at radius 3 is 2.54 bits per heavy atom. The number of aromatic nitrogens is 10. The molecule has 11 nitrogen and oxygen atoms in total. The Morgan fingerprint density at radius 2 is 1.87 bits per heavy atom. The molecule has 0 aliphatic carbocycles. The van der Waals surface area contributed by atoms with Crippen molar-refractivity contribution in [3.63, 3.8) is 0 Å². The average Bonchev–Trinajstić information content (AvgIpc) is 3.70. The number of nitrogens with zero attached hydrogens (tertiary/aromatic N) is 9. The molecular weight excluding hydrogens is 551 g/mol. The van der Waals surface area contributed by atoms with Crippen LogP contribution in [0.2, 0.25) is 5.02 Å². The highest BCUT2D eigenvalue weighted by atomic mass is 35.5. The zero-order valence-corrected chi connectivity index (χ0v) is 20.3. The lowest BCUT2D eigenvalue weighted by atomic mass is 10.0. The van der Waals surface area contributed by atoms with Gasteiger partial charge in [-0.1, -0.05) is 28.1 Å². The number of nitrogens with one attached hydrogen (secondary N) is 1. The molecular formula is C22H17ClF5N10O+. The van der Waals surface area contributed by atoms with Gasteiger partial charge in [0.2, 0.25) is 0 Å². The van der Waals surface area contributed by atoms with Crippen molar-refractivity contribution in [3.05, 3.63) is 71.9 Å². The molecule has 0 saturated carbocycles. The van der Waals surface area contributed by atoms with Gasteiger partial charge in [0.05, 0.1) is 41.3 Å². The van der Waals surface area contributed by atoms with Crippen LogP contribution in [0.4, 0.5) is 22.0 Å². The van der Waals surface area contributed by atoms with Crippen molar-refractivity contribution in [2.45, 2.75) is 25.6 Å². The van der Waals surface area contributed by atoms with E-state index in [1.807, 2.05) is 0 Å². The van der Waals surface area contributed by atoms with Crippen LogP contribution in [0, 0.1) is 5.82 Å². The van der Waals surface area contributed by atoms with Crippen LogP contribution in [0.3, 0.4) is 0 Å². The van der Waals surface area contributed by atoms with Crippen molar-refractivity contribution in [2.24, 2.45) is 0 Å².